The van der Waals surface area contributed by atoms with Crippen molar-refractivity contribution in [1.29, 1.82) is 0 Å². The van der Waals surface area contributed by atoms with Gasteiger partial charge in [-0.15, -0.1) is 11.3 Å². The van der Waals surface area contributed by atoms with Gasteiger partial charge in [0.25, 0.3) is 0 Å². The minimum absolute atomic E-state index is 0.449. The van der Waals surface area contributed by atoms with Gasteiger partial charge in [-0.1, -0.05) is 6.07 Å². The highest BCUT2D eigenvalue weighted by atomic mass is 32.1. The Hall–Kier alpha value is -1.11. The third-order valence-corrected chi connectivity index (χ3v) is 5.75. The number of likely N-dealkylation sites (tertiary alicyclic amines) is 1. The van der Waals surface area contributed by atoms with Crippen LogP contribution >= 0.6 is 11.3 Å². The molecule has 1 aromatic heterocycles. The van der Waals surface area contributed by atoms with Crippen LogP contribution in [0, 0.1) is 0 Å². The topological polar surface area (TPSA) is 42.9 Å². The van der Waals surface area contributed by atoms with Crippen LogP contribution in [0.1, 0.15) is 37.6 Å². The molecule has 0 aliphatic carbocycles. The van der Waals surface area contributed by atoms with Gasteiger partial charge in [0, 0.05) is 37.6 Å². The van der Waals surface area contributed by atoms with E-state index in [-0.39, 0.29) is 0 Å². The van der Waals surface area contributed by atoms with Crippen LogP contribution < -0.4 is 10.6 Å². The number of hydrogen-bond donors (Lipinski definition) is 2. The fourth-order valence-corrected chi connectivity index (χ4v) is 3.83. The summed E-state index contributed by atoms with van der Waals surface area (Å²) in [5.74, 6) is 0.896. The normalized spacial score (nSPS) is 17.7. The van der Waals surface area contributed by atoms with Gasteiger partial charge in [0.15, 0.2) is 5.96 Å². The van der Waals surface area contributed by atoms with Crippen LogP contribution in [0.2, 0.25) is 0 Å². The second-order valence-electron chi connectivity index (χ2n) is 6.73. The van der Waals surface area contributed by atoms with E-state index in [9.17, 15) is 0 Å². The average molecular weight is 352 g/mol. The molecule has 136 valence electrons. The van der Waals surface area contributed by atoms with Crippen LogP contribution in [0.5, 0.6) is 0 Å². The summed E-state index contributed by atoms with van der Waals surface area (Å²) < 4.78 is 0. The Balaban J connectivity index is 1.83. The van der Waals surface area contributed by atoms with Crippen molar-refractivity contribution in [1.82, 2.24) is 20.4 Å². The minimum atomic E-state index is 0.449. The van der Waals surface area contributed by atoms with E-state index in [0.717, 1.165) is 25.6 Å². The van der Waals surface area contributed by atoms with Crippen LogP contribution in [0.3, 0.4) is 0 Å². The highest BCUT2D eigenvalue weighted by Crippen LogP contribution is 2.27. The third-order valence-electron chi connectivity index (χ3n) is 4.78. The van der Waals surface area contributed by atoms with Gasteiger partial charge in [0.05, 0.1) is 6.04 Å². The van der Waals surface area contributed by atoms with Crippen LogP contribution in [-0.2, 0) is 0 Å². The number of nitrogens with zero attached hydrogens (tertiary/aromatic N) is 3. The summed E-state index contributed by atoms with van der Waals surface area (Å²) in [4.78, 5) is 10.7. The minimum Gasteiger partial charge on any atom is -0.355 e. The largest absolute Gasteiger partial charge is 0.355 e. The van der Waals surface area contributed by atoms with E-state index < -0.39 is 0 Å². The standard InChI is InChI=1S/C18H33N5S/c1-15(2)22(4)12-9-20-18(19-3)21-14-16(17-8-7-13-24-17)23-10-5-6-11-23/h7-8,13,15-16H,5-6,9-12,14H2,1-4H3,(H2,19,20,21). The molecule has 2 rings (SSSR count). The Morgan fingerprint density at radius 1 is 1.33 bits per heavy atom. The lowest BCUT2D eigenvalue weighted by Gasteiger charge is -2.28. The first-order valence-electron chi connectivity index (χ1n) is 9.04. The molecule has 0 radical (unpaired) electrons. The van der Waals surface area contributed by atoms with E-state index in [0.29, 0.717) is 12.1 Å². The quantitative estimate of drug-likeness (QED) is 0.557. The molecule has 1 fully saturated rings. The highest BCUT2D eigenvalue weighted by Gasteiger charge is 2.24. The molecule has 1 aromatic rings. The van der Waals surface area contributed by atoms with Crippen LogP contribution in [0.15, 0.2) is 22.5 Å². The summed E-state index contributed by atoms with van der Waals surface area (Å²) in [7, 11) is 4.00. The van der Waals surface area contributed by atoms with Crippen molar-refractivity contribution in [2.45, 2.75) is 38.8 Å². The van der Waals surface area contributed by atoms with Gasteiger partial charge in [0.1, 0.15) is 0 Å². The van der Waals surface area contributed by atoms with Crippen molar-refractivity contribution in [3.05, 3.63) is 22.4 Å². The SMILES string of the molecule is CN=C(NCCN(C)C(C)C)NCC(c1cccs1)N1CCCC1. The molecule has 2 heterocycles. The van der Waals surface area contributed by atoms with Crippen LogP contribution in [-0.4, -0.2) is 68.6 Å². The molecule has 6 heteroatoms. The molecule has 2 N–H and O–H groups in total. The summed E-state index contributed by atoms with van der Waals surface area (Å²) >= 11 is 1.85. The fourth-order valence-electron chi connectivity index (χ4n) is 2.97. The van der Waals surface area contributed by atoms with Crippen molar-refractivity contribution in [2.24, 2.45) is 4.99 Å². The average Bonchev–Trinajstić information content (AvgIpc) is 3.27. The molecule has 0 aromatic carbocycles. The Morgan fingerprint density at radius 2 is 2.08 bits per heavy atom. The second-order valence-corrected chi connectivity index (χ2v) is 7.71. The first-order chi connectivity index (χ1) is 11.6. The van der Waals surface area contributed by atoms with E-state index in [1.165, 1.54) is 30.8 Å². The maximum Gasteiger partial charge on any atom is 0.191 e. The Bertz CT molecular complexity index is 480. The zero-order valence-electron chi connectivity index (χ0n) is 15.6. The zero-order valence-corrected chi connectivity index (χ0v) is 16.4. The molecule has 24 heavy (non-hydrogen) atoms. The van der Waals surface area contributed by atoms with Crippen molar-refractivity contribution in [2.75, 3.05) is 46.8 Å². The fraction of sp³-hybridized carbons (Fsp3) is 0.722. The summed E-state index contributed by atoms with van der Waals surface area (Å²) in [5.41, 5.74) is 0. The number of nitrogens with one attached hydrogen (secondary N) is 2. The maximum absolute atomic E-state index is 4.37. The Kier molecular flexibility index (Phi) is 8.02. The van der Waals surface area contributed by atoms with Gasteiger partial charge in [-0.05, 0) is 58.3 Å². The molecule has 0 bridgehead atoms. The smallest absolute Gasteiger partial charge is 0.191 e. The van der Waals surface area contributed by atoms with Crippen molar-refractivity contribution in [3.63, 3.8) is 0 Å². The molecular weight excluding hydrogens is 318 g/mol. The number of thiophene rings is 1. The lowest BCUT2D eigenvalue weighted by Crippen LogP contribution is -2.45. The molecule has 1 atom stereocenters. The highest BCUT2D eigenvalue weighted by molar-refractivity contribution is 7.10. The van der Waals surface area contributed by atoms with E-state index in [1.807, 2.05) is 18.4 Å². The van der Waals surface area contributed by atoms with E-state index in [2.05, 4.69) is 63.8 Å². The van der Waals surface area contributed by atoms with Gasteiger partial charge < -0.3 is 15.5 Å². The number of rotatable bonds is 8. The molecule has 0 spiro atoms. The molecule has 0 saturated carbocycles. The first kappa shape index (κ1) is 19.2. The summed E-state index contributed by atoms with van der Waals surface area (Å²) in [5, 5.41) is 9.13. The zero-order chi connectivity index (χ0) is 17.4. The molecule has 0 amide bonds. The Morgan fingerprint density at radius 3 is 2.67 bits per heavy atom. The van der Waals surface area contributed by atoms with Gasteiger partial charge >= 0.3 is 0 Å². The second kappa shape index (κ2) is 10.0. The first-order valence-corrected chi connectivity index (χ1v) is 9.92. The van der Waals surface area contributed by atoms with Gasteiger partial charge in [-0.3, -0.25) is 9.89 Å². The number of guanidine groups is 1. The third kappa shape index (κ3) is 5.76. The van der Waals surface area contributed by atoms with Crippen molar-refractivity contribution >= 4 is 17.3 Å². The molecule has 1 aliphatic rings. The number of likely N-dealkylation sites (N-methyl/N-ethyl adjacent to an activating group) is 1. The van der Waals surface area contributed by atoms with Crippen molar-refractivity contribution in [3.8, 4) is 0 Å². The van der Waals surface area contributed by atoms with E-state index >= 15 is 0 Å². The van der Waals surface area contributed by atoms with Gasteiger partial charge in [0.2, 0.25) is 0 Å². The summed E-state index contributed by atoms with van der Waals surface area (Å²) in [6.07, 6.45) is 2.63. The lowest BCUT2D eigenvalue weighted by atomic mass is 10.2. The molecule has 1 aliphatic heterocycles. The molecule has 1 unspecified atom stereocenters. The van der Waals surface area contributed by atoms with Crippen LogP contribution in [0.4, 0.5) is 0 Å². The van der Waals surface area contributed by atoms with Gasteiger partial charge in [-0.2, -0.15) is 0 Å². The van der Waals surface area contributed by atoms with E-state index in [4.69, 9.17) is 0 Å². The van der Waals surface area contributed by atoms with Gasteiger partial charge in [-0.25, -0.2) is 0 Å². The predicted octanol–water partition coefficient (Wildman–Crippen LogP) is 2.39. The van der Waals surface area contributed by atoms with E-state index in [1.54, 1.807) is 0 Å². The monoisotopic (exact) mass is 351 g/mol. The summed E-state index contributed by atoms with van der Waals surface area (Å²) in [6.45, 7) is 9.66. The lowest BCUT2D eigenvalue weighted by molar-refractivity contribution is 0.248. The molecule has 5 nitrogen and oxygen atoms in total. The number of aliphatic imine (C=N–C) groups is 1. The maximum atomic E-state index is 4.37. The molecule has 1 saturated heterocycles. The van der Waals surface area contributed by atoms with Crippen LogP contribution in [0.25, 0.3) is 0 Å². The van der Waals surface area contributed by atoms with Crippen molar-refractivity contribution < 1.29 is 0 Å². The Labute approximate surface area is 151 Å². The molecular formula is C18H33N5S. The summed E-state index contributed by atoms with van der Waals surface area (Å²) in [6, 6.07) is 5.42. The number of hydrogen-bond acceptors (Lipinski definition) is 4. The predicted molar refractivity (Wildman–Crippen MR) is 105 cm³/mol.